The second kappa shape index (κ2) is 7.84. The Hall–Kier alpha value is -1.36. The van der Waals surface area contributed by atoms with Gasteiger partial charge in [0.05, 0.1) is 12.6 Å². The first kappa shape index (κ1) is 15.6. The average molecular weight is 241 g/mol. The van der Waals surface area contributed by atoms with Crippen molar-refractivity contribution >= 4 is 11.8 Å². The first-order valence-electron chi connectivity index (χ1n) is 5.82. The van der Waals surface area contributed by atoms with Crippen LogP contribution in [0.25, 0.3) is 0 Å². The first-order chi connectivity index (χ1) is 7.88. The lowest BCUT2D eigenvalue weighted by Gasteiger charge is -2.16. The summed E-state index contributed by atoms with van der Waals surface area (Å²) in [6.45, 7) is 9.14. The lowest BCUT2D eigenvalue weighted by Crippen LogP contribution is -2.48. The molecule has 0 saturated heterocycles. The van der Waals surface area contributed by atoms with Gasteiger partial charge in [-0.1, -0.05) is 19.9 Å². The van der Waals surface area contributed by atoms with Crippen molar-refractivity contribution in [2.24, 2.45) is 11.7 Å². The molecule has 0 aromatic carbocycles. The smallest absolute Gasteiger partial charge is 0.239 e. The molecule has 98 valence electrons. The Labute approximate surface area is 103 Å². The standard InChI is InChI=1S/C12H23N3O2/c1-5-6-9(4)15-10(16)7-14-12(17)11(13)8(2)3/h5,8-9,11H,1,6-7,13H2,2-4H3,(H,14,17)(H,15,16)/t9?,11-/m0/s1. The van der Waals surface area contributed by atoms with Gasteiger partial charge < -0.3 is 16.4 Å². The van der Waals surface area contributed by atoms with E-state index in [0.717, 1.165) is 0 Å². The van der Waals surface area contributed by atoms with Gasteiger partial charge in [-0.2, -0.15) is 0 Å². The molecular weight excluding hydrogens is 218 g/mol. The summed E-state index contributed by atoms with van der Waals surface area (Å²) in [5, 5.41) is 5.25. The summed E-state index contributed by atoms with van der Waals surface area (Å²) in [5.74, 6) is -0.465. The molecule has 1 unspecified atom stereocenters. The summed E-state index contributed by atoms with van der Waals surface area (Å²) in [6.07, 6.45) is 2.43. The highest BCUT2D eigenvalue weighted by atomic mass is 16.2. The van der Waals surface area contributed by atoms with Crippen LogP contribution in [0, 0.1) is 5.92 Å². The first-order valence-corrected chi connectivity index (χ1v) is 5.82. The normalized spacial score (nSPS) is 13.9. The fraction of sp³-hybridized carbons (Fsp3) is 0.667. The van der Waals surface area contributed by atoms with Crippen LogP contribution in [-0.4, -0.2) is 30.4 Å². The van der Waals surface area contributed by atoms with Gasteiger partial charge in [0.2, 0.25) is 11.8 Å². The number of hydrogen-bond donors (Lipinski definition) is 3. The van der Waals surface area contributed by atoms with Crippen molar-refractivity contribution in [1.29, 1.82) is 0 Å². The number of hydrogen-bond acceptors (Lipinski definition) is 3. The van der Waals surface area contributed by atoms with Crippen molar-refractivity contribution in [1.82, 2.24) is 10.6 Å². The van der Waals surface area contributed by atoms with Crippen LogP contribution < -0.4 is 16.4 Å². The zero-order valence-corrected chi connectivity index (χ0v) is 10.8. The third-order valence-corrected chi connectivity index (χ3v) is 2.37. The molecule has 2 amide bonds. The predicted octanol–water partition coefficient (Wildman–Crippen LogP) is 0.167. The number of amides is 2. The van der Waals surface area contributed by atoms with E-state index in [9.17, 15) is 9.59 Å². The molecule has 0 fully saturated rings. The van der Waals surface area contributed by atoms with Crippen LogP contribution in [0.2, 0.25) is 0 Å². The largest absolute Gasteiger partial charge is 0.352 e. The molecule has 5 nitrogen and oxygen atoms in total. The Morgan fingerprint density at radius 1 is 1.35 bits per heavy atom. The van der Waals surface area contributed by atoms with Crippen molar-refractivity contribution < 1.29 is 9.59 Å². The Balaban J connectivity index is 3.92. The van der Waals surface area contributed by atoms with Crippen molar-refractivity contribution in [2.75, 3.05) is 6.54 Å². The molecule has 0 aromatic heterocycles. The number of rotatable bonds is 7. The van der Waals surface area contributed by atoms with Crippen LogP contribution in [0.15, 0.2) is 12.7 Å². The van der Waals surface area contributed by atoms with Crippen molar-refractivity contribution in [2.45, 2.75) is 39.3 Å². The van der Waals surface area contributed by atoms with Gasteiger partial charge in [0.25, 0.3) is 0 Å². The topological polar surface area (TPSA) is 84.2 Å². The van der Waals surface area contributed by atoms with E-state index in [0.29, 0.717) is 6.42 Å². The lowest BCUT2D eigenvalue weighted by molar-refractivity contribution is -0.127. The summed E-state index contributed by atoms with van der Waals surface area (Å²) in [6, 6.07) is -0.552. The summed E-state index contributed by atoms with van der Waals surface area (Å²) < 4.78 is 0. The fourth-order valence-corrected chi connectivity index (χ4v) is 1.22. The molecule has 0 aliphatic rings. The van der Waals surface area contributed by atoms with Gasteiger partial charge in [-0.25, -0.2) is 0 Å². The van der Waals surface area contributed by atoms with Gasteiger partial charge in [-0.15, -0.1) is 6.58 Å². The van der Waals surface area contributed by atoms with Gasteiger partial charge in [-0.3, -0.25) is 9.59 Å². The maximum absolute atomic E-state index is 11.5. The predicted molar refractivity (Wildman–Crippen MR) is 68.2 cm³/mol. The molecule has 5 heteroatoms. The van der Waals surface area contributed by atoms with Crippen LogP contribution in [0.5, 0.6) is 0 Å². The number of nitrogens with two attached hydrogens (primary N) is 1. The summed E-state index contributed by atoms with van der Waals surface area (Å²) >= 11 is 0. The third-order valence-electron chi connectivity index (χ3n) is 2.37. The fourth-order valence-electron chi connectivity index (χ4n) is 1.22. The monoisotopic (exact) mass is 241 g/mol. The Bertz CT molecular complexity index is 277. The molecule has 17 heavy (non-hydrogen) atoms. The highest BCUT2D eigenvalue weighted by Crippen LogP contribution is 1.97. The van der Waals surface area contributed by atoms with Gasteiger partial charge >= 0.3 is 0 Å². The SMILES string of the molecule is C=CCC(C)NC(=O)CNC(=O)[C@@H](N)C(C)C. The second-order valence-electron chi connectivity index (χ2n) is 4.48. The molecule has 4 N–H and O–H groups in total. The highest BCUT2D eigenvalue weighted by Gasteiger charge is 2.17. The van der Waals surface area contributed by atoms with E-state index in [2.05, 4.69) is 17.2 Å². The molecule has 0 aliphatic carbocycles. The summed E-state index contributed by atoms with van der Waals surface area (Å²) in [5.41, 5.74) is 5.64. The minimum Gasteiger partial charge on any atom is -0.352 e. The molecule has 0 radical (unpaired) electrons. The van der Waals surface area contributed by atoms with Gasteiger partial charge in [0.15, 0.2) is 0 Å². The average Bonchev–Trinajstić information content (AvgIpc) is 2.24. The van der Waals surface area contributed by atoms with E-state index >= 15 is 0 Å². The molecule has 0 rings (SSSR count). The minimum atomic E-state index is -0.576. The van der Waals surface area contributed by atoms with Crippen LogP contribution in [0.1, 0.15) is 27.2 Å². The minimum absolute atomic E-state index is 0.0238. The van der Waals surface area contributed by atoms with E-state index in [1.807, 2.05) is 20.8 Å². The number of nitrogens with one attached hydrogen (secondary N) is 2. The maximum Gasteiger partial charge on any atom is 0.239 e. The third kappa shape index (κ3) is 6.73. The van der Waals surface area contributed by atoms with Crippen molar-refractivity contribution in [3.05, 3.63) is 12.7 Å². The molecule has 0 bridgehead atoms. The van der Waals surface area contributed by atoms with Crippen molar-refractivity contribution in [3.8, 4) is 0 Å². The van der Waals surface area contributed by atoms with E-state index in [1.165, 1.54) is 0 Å². The molecule has 0 saturated carbocycles. The zero-order chi connectivity index (χ0) is 13.4. The Morgan fingerprint density at radius 2 is 1.94 bits per heavy atom. The second-order valence-corrected chi connectivity index (χ2v) is 4.48. The van der Waals surface area contributed by atoms with Crippen molar-refractivity contribution in [3.63, 3.8) is 0 Å². The van der Waals surface area contributed by atoms with Crippen LogP contribution in [0.4, 0.5) is 0 Å². The van der Waals surface area contributed by atoms with E-state index in [4.69, 9.17) is 5.73 Å². The molecule has 0 aliphatic heterocycles. The number of carbonyl (C=O) groups is 2. The van der Waals surface area contributed by atoms with Crippen LogP contribution >= 0.6 is 0 Å². The highest BCUT2D eigenvalue weighted by molar-refractivity contribution is 5.87. The molecule has 2 atom stereocenters. The number of carbonyl (C=O) groups excluding carboxylic acids is 2. The van der Waals surface area contributed by atoms with E-state index in [1.54, 1.807) is 6.08 Å². The summed E-state index contributed by atoms with van der Waals surface area (Å²) in [4.78, 5) is 22.9. The quantitative estimate of drug-likeness (QED) is 0.555. The lowest BCUT2D eigenvalue weighted by atomic mass is 10.1. The van der Waals surface area contributed by atoms with Gasteiger partial charge in [0.1, 0.15) is 0 Å². The Morgan fingerprint density at radius 3 is 2.41 bits per heavy atom. The molecule has 0 heterocycles. The molecule has 0 aromatic rings. The van der Waals surface area contributed by atoms with Gasteiger partial charge in [0, 0.05) is 6.04 Å². The van der Waals surface area contributed by atoms with Crippen LogP contribution in [-0.2, 0) is 9.59 Å². The Kier molecular flexibility index (Phi) is 7.21. The van der Waals surface area contributed by atoms with E-state index in [-0.39, 0.29) is 30.3 Å². The molecule has 0 spiro atoms. The maximum atomic E-state index is 11.5. The zero-order valence-electron chi connectivity index (χ0n) is 10.8. The molecular formula is C12H23N3O2. The summed E-state index contributed by atoms with van der Waals surface area (Å²) in [7, 11) is 0. The van der Waals surface area contributed by atoms with E-state index < -0.39 is 6.04 Å². The van der Waals surface area contributed by atoms with Crippen LogP contribution in [0.3, 0.4) is 0 Å². The van der Waals surface area contributed by atoms with Gasteiger partial charge in [-0.05, 0) is 19.3 Å².